The van der Waals surface area contributed by atoms with Crippen LogP contribution in [0.5, 0.6) is 0 Å². The van der Waals surface area contributed by atoms with Crippen molar-refractivity contribution in [2.75, 3.05) is 0 Å². The van der Waals surface area contributed by atoms with Crippen LogP contribution in [-0.2, 0) is 0 Å². The SMILES string of the molecule is C.[H-].[K+].c1c[n-]cn1. The Morgan fingerprint density at radius 2 is 2.29 bits per heavy atom. The van der Waals surface area contributed by atoms with Gasteiger partial charge in [0.2, 0.25) is 0 Å². The second-order valence-electron chi connectivity index (χ2n) is 0.712. The molecule has 0 N–H and O–H groups in total. The minimum atomic E-state index is 0. The second-order valence-corrected chi connectivity index (χ2v) is 0.712. The number of hydrogen-bond donors (Lipinski definition) is 0. The van der Waals surface area contributed by atoms with Crippen molar-refractivity contribution in [2.45, 2.75) is 7.43 Å². The summed E-state index contributed by atoms with van der Waals surface area (Å²) in [4.78, 5) is 7.22. The number of imidazole rings is 1. The number of rotatable bonds is 0. The predicted molar refractivity (Wildman–Crippen MR) is 25.4 cm³/mol. The first kappa shape index (κ1) is 10.8. The minimum absolute atomic E-state index is 0. The molecule has 2 nitrogen and oxygen atoms in total. The molecule has 0 aliphatic carbocycles. The van der Waals surface area contributed by atoms with Crippen molar-refractivity contribution in [3.05, 3.63) is 18.7 Å². The molecule has 0 aliphatic heterocycles. The Balaban J connectivity index is -0.0000000833. The summed E-state index contributed by atoms with van der Waals surface area (Å²) in [5.74, 6) is 0. The maximum Gasteiger partial charge on any atom is 1.00 e. The average Bonchev–Trinajstić information content (AvgIpc) is 1.76. The zero-order chi connectivity index (χ0) is 3.54. The van der Waals surface area contributed by atoms with Crippen molar-refractivity contribution in [1.29, 1.82) is 0 Å². The molecule has 1 aromatic heterocycles. The first-order valence-electron chi connectivity index (χ1n) is 1.37. The fourth-order valence-corrected chi connectivity index (χ4v) is 0.192. The molecule has 1 rings (SSSR count). The Hall–Kier alpha value is 0.846. The van der Waals surface area contributed by atoms with Crippen LogP contribution >= 0.6 is 0 Å². The van der Waals surface area contributed by atoms with E-state index < -0.39 is 0 Å². The molecule has 3 heteroatoms. The van der Waals surface area contributed by atoms with Gasteiger partial charge in [-0.2, -0.15) is 0 Å². The fourth-order valence-electron chi connectivity index (χ4n) is 0.192. The minimum Gasteiger partial charge on any atom is -1.00 e. The zero-order valence-corrected chi connectivity index (χ0v) is 6.75. The molecule has 1 aromatic rings. The van der Waals surface area contributed by atoms with Gasteiger partial charge >= 0.3 is 51.4 Å². The molecule has 0 spiro atoms. The van der Waals surface area contributed by atoms with Gasteiger partial charge in [0, 0.05) is 0 Å². The van der Waals surface area contributed by atoms with Crippen molar-refractivity contribution in [2.24, 2.45) is 0 Å². The van der Waals surface area contributed by atoms with Gasteiger partial charge in [-0.1, -0.05) is 26.1 Å². The average molecular weight is 123 g/mol. The van der Waals surface area contributed by atoms with Crippen molar-refractivity contribution >= 4 is 0 Å². The van der Waals surface area contributed by atoms with E-state index in [-0.39, 0.29) is 60.2 Å². The third-order valence-corrected chi connectivity index (χ3v) is 0.372. The van der Waals surface area contributed by atoms with E-state index in [4.69, 9.17) is 0 Å². The topological polar surface area (TPSA) is 27.0 Å². The van der Waals surface area contributed by atoms with E-state index >= 15 is 0 Å². The Morgan fingerprint density at radius 1 is 1.57 bits per heavy atom. The van der Waals surface area contributed by atoms with Crippen LogP contribution in [0.3, 0.4) is 0 Å². The van der Waals surface area contributed by atoms with Crippen LogP contribution in [-0.4, -0.2) is 4.98 Å². The van der Waals surface area contributed by atoms with Gasteiger partial charge in [-0.25, -0.2) is 0 Å². The van der Waals surface area contributed by atoms with Gasteiger partial charge in [0.1, 0.15) is 0 Å². The van der Waals surface area contributed by atoms with Crippen molar-refractivity contribution in [3.8, 4) is 0 Å². The van der Waals surface area contributed by atoms with Crippen molar-refractivity contribution < 1.29 is 52.8 Å². The summed E-state index contributed by atoms with van der Waals surface area (Å²) >= 11 is 0. The van der Waals surface area contributed by atoms with Gasteiger partial charge in [0.25, 0.3) is 0 Å². The Labute approximate surface area is 87.6 Å². The normalized spacial score (nSPS) is 5.71. The second kappa shape index (κ2) is 6.85. The third kappa shape index (κ3) is 4.70. The van der Waals surface area contributed by atoms with E-state index in [2.05, 4.69) is 9.97 Å². The van der Waals surface area contributed by atoms with Crippen LogP contribution in [0.15, 0.2) is 18.7 Å². The van der Waals surface area contributed by atoms with Crippen LogP contribution < -0.4 is 56.4 Å². The van der Waals surface area contributed by atoms with E-state index in [1.807, 2.05) is 0 Å². The molecule has 0 saturated heterocycles. The molecule has 0 unspecified atom stereocenters. The zero-order valence-electron chi connectivity index (χ0n) is 4.63. The molecule has 7 heavy (non-hydrogen) atoms. The van der Waals surface area contributed by atoms with Gasteiger partial charge in [0.05, 0.1) is 0 Å². The third-order valence-electron chi connectivity index (χ3n) is 0.372. The predicted octanol–water partition coefficient (Wildman–Crippen LogP) is -2.21. The fraction of sp³-hybridized carbons (Fsp3) is 0.250. The Bertz CT molecular complexity index is 70.5. The van der Waals surface area contributed by atoms with Crippen LogP contribution in [0.1, 0.15) is 8.85 Å². The molecule has 1 heterocycles. The Morgan fingerprint density at radius 3 is 2.43 bits per heavy atom. The van der Waals surface area contributed by atoms with E-state index in [1.165, 1.54) is 6.33 Å². The number of nitrogens with zero attached hydrogens (tertiary/aromatic N) is 2. The summed E-state index contributed by atoms with van der Waals surface area (Å²) < 4.78 is 0. The van der Waals surface area contributed by atoms with Crippen molar-refractivity contribution in [3.63, 3.8) is 0 Å². The number of hydrogen-bond acceptors (Lipinski definition) is 1. The van der Waals surface area contributed by atoms with Crippen molar-refractivity contribution in [1.82, 2.24) is 9.97 Å². The first-order chi connectivity index (χ1) is 2.50. The van der Waals surface area contributed by atoms with E-state index in [1.54, 1.807) is 12.4 Å². The largest absolute Gasteiger partial charge is 1.00 e. The molecular weight excluding hydrogens is 115 g/mol. The summed E-state index contributed by atoms with van der Waals surface area (Å²) in [6.45, 7) is 0. The summed E-state index contributed by atoms with van der Waals surface area (Å²) in [5.41, 5.74) is 0. The molecule has 36 valence electrons. The molecule has 0 aromatic carbocycles. The molecule has 0 aliphatic rings. The smallest absolute Gasteiger partial charge is 1.00 e. The van der Waals surface area contributed by atoms with Crippen LogP contribution in [0.2, 0.25) is 0 Å². The van der Waals surface area contributed by atoms with Crippen LogP contribution in [0.4, 0.5) is 0 Å². The van der Waals surface area contributed by atoms with Gasteiger partial charge in [-0.3, -0.25) is 0 Å². The molecular formula is C4H8KN2-. The van der Waals surface area contributed by atoms with Crippen LogP contribution in [0.25, 0.3) is 0 Å². The van der Waals surface area contributed by atoms with Gasteiger partial charge in [0.15, 0.2) is 0 Å². The standard InChI is InChI=1S/C3H3N2.CH4.K.H/c1-2-5-3-4-1;;;/h1-3H;1H4;;/q-1;;+1;-1. The van der Waals surface area contributed by atoms with Gasteiger partial charge in [-0.15, -0.1) is 0 Å². The summed E-state index contributed by atoms with van der Waals surface area (Å²) in [6, 6.07) is 0. The summed E-state index contributed by atoms with van der Waals surface area (Å²) in [7, 11) is 0. The summed E-state index contributed by atoms with van der Waals surface area (Å²) in [5, 5.41) is 0. The molecule has 0 fully saturated rings. The maximum absolute atomic E-state index is 3.61. The monoisotopic (exact) mass is 123 g/mol. The molecule has 0 amide bonds. The van der Waals surface area contributed by atoms with E-state index in [0.29, 0.717) is 0 Å². The van der Waals surface area contributed by atoms with E-state index in [0.717, 1.165) is 0 Å². The molecule has 0 radical (unpaired) electrons. The van der Waals surface area contributed by atoms with Crippen LogP contribution in [0, 0.1) is 0 Å². The molecule has 0 atom stereocenters. The molecule has 0 bridgehead atoms. The number of aromatic nitrogens is 2. The Kier molecular flexibility index (Phi) is 10.5. The van der Waals surface area contributed by atoms with E-state index in [9.17, 15) is 0 Å². The first-order valence-corrected chi connectivity index (χ1v) is 1.37. The van der Waals surface area contributed by atoms with Gasteiger partial charge < -0.3 is 11.4 Å². The summed E-state index contributed by atoms with van der Waals surface area (Å²) in [6.07, 6.45) is 4.78. The van der Waals surface area contributed by atoms with Gasteiger partial charge in [-0.05, 0) is 0 Å². The maximum atomic E-state index is 3.61. The quantitative estimate of drug-likeness (QED) is 0.366. The molecule has 0 saturated carbocycles.